The van der Waals surface area contributed by atoms with Crippen molar-refractivity contribution in [1.82, 2.24) is 4.98 Å². The van der Waals surface area contributed by atoms with Crippen molar-refractivity contribution in [2.75, 3.05) is 18.2 Å². The van der Waals surface area contributed by atoms with Crippen LogP contribution in [0.1, 0.15) is 10.4 Å². The molecule has 0 atom stereocenters. The van der Waals surface area contributed by atoms with Crippen LogP contribution < -0.4 is 15.8 Å². The summed E-state index contributed by atoms with van der Waals surface area (Å²) in [6.45, 7) is 0. The molecule has 19 heavy (non-hydrogen) atoms. The highest BCUT2D eigenvalue weighted by molar-refractivity contribution is 6.04. The van der Waals surface area contributed by atoms with Crippen molar-refractivity contribution in [3.63, 3.8) is 0 Å². The van der Waals surface area contributed by atoms with E-state index in [1.54, 1.807) is 12.1 Å². The minimum absolute atomic E-state index is 0.265. The van der Waals surface area contributed by atoms with Crippen molar-refractivity contribution < 1.29 is 13.9 Å². The van der Waals surface area contributed by atoms with E-state index in [1.807, 2.05) is 0 Å². The molecular weight excluding hydrogens is 249 g/mol. The van der Waals surface area contributed by atoms with Crippen molar-refractivity contribution in [3.8, 4) is 5.75 Å². The zero-order valence-electron chi connectivity index (χ0n) is 10.2. The van der Waals surface area contributed by atoms with E-state index in [1.165, 1.54) is 25.3 Å². The van der Waals surface area contributed by atoms with Gasteiger partial charge in [0, 0.05) is 5.56 Å². The summed E-state index contributed by atoms with van der Waals surface area (Å²) in [5.74, 6) is -0.0857. The zero-order valence-corrected chi connectivity index (χ0v) is 10.2. The molecule has 5 nitrogen and oxygen atoms in total. The molecule has 0 aliphatic heterocycles. The topological polar surface area (TPSA) is 77.2 Å². The number of halogens is 1. The van der Waals surface area contributed by atoms with Gasteiger partial charge >= 0.3 is 0 Å². The molecule has 0 radical (unpaired) electrons. The number of benzene rings is 1. The van der Waals surface area contributed by atoms with E-state index in [9.17, 15) is 9.18 Å². The first kappa shape index (κ1) is 12.8. The number of pyridine rings is 1. The van der Waals surface area contributed by atoms with Crippen LogP contribution in [0.15, 0.2) is 36.5 Å². The Kier molecular flexibility index (Phi) is 3.61. The van der Waals surface area contributed by atoms with Gasteiger partial charge in [-0.25, -0.2) is 9.37 Å². The Balaban J connectivity index is 2.16. The second-order valence-corrected chi connectivity index (χ2v) is 3.77. The van der Waals surface area contributed by atoms with Gasteiger partial charge in [0.2, 0.25) is 0 Å². The smallest absolute Gasteiger partial charge is 0.256 e. The van der Waals surface area contributed by atoms with Crippen LogP contribution in [-0.4, -0.2) is 18.0 Å². The predicted octanol–water partition coefficient (Wildman–Crippen LogP) is 2.06. The summed E-state index contributed by atoms with van der Waals surface area (Å²) in [6, 6.07) is 7.26. The van der Waals surface area contributed by atoms with E-state index < -0.39 is 5.82 Å². The normalized spacial score (nSPS) is 10.0. The van der Waals surface area contributed by atoms with E-state index in [0.29, 0.717) is 17.0 Å². The van der Waals surface area contributed by atoms with Gasteiger partial charge in [-0.1, -0.05) is 0 Å². The zero-order chi connectivity index (χ0) is 13.8. The number of rotatable bonds is 3. The van der Waals surface area contributed by atoms with Crippen LogP contribution >= 0.6 is 0 Å². The lowest BCUT2D eigenvalue weighted by Gasteiger charge is -2.07. The molecule has 0 saturated carbocycles. The highest BCUT2D eigenvalue weighted by Gasteiger charge is 2.09. The summed E-state index contributed by atoms with van der Waals surface area (Å²) < 4.78 is 17.7. The van der Waals surface area contributed by atoms with Gasteiger partial charge in [-0.3, -0.25) is 4.79 Å². The summed E-state index contributed by atoms with van der Waals surface area (Å²) in [5.41, 5.74) is 6.44. The summed E-state index contributed by atoms with van der Waals surface area (Å²) in [5, 5.41) is 2.54. The van der Waals surface area contributed by atoms with Crippen LogP contribution in [0, 0.1) is 5.82 Å². The second kappa shape index (κ2) is 5.34. The van der Waals surface area contributed by atoms with E-state index in [-0.39, 0.29) is 11.7 Å². The Hall–Kier alpha value is -2.63. The molecule has 0 aliphatic rings. The lowest BCUT2D eigenvalue weighted by molar-refractivity contribution is 0.102. The molecule has 2 aromatic rings. The van der Waals surface area contributed by atoms with E-state index in [0.717, 1.165) is 6.20 Å². The number of ether oxygens (including phenoxy) is 1. The standard InChI is InChI=1S/C13H12FN3O2/c1-19-11-4-2-8(6-10(11)15)13(18)17-12-5-3-9(14)7-16-12/h2-7H,15H2,1H3,(H,16,17,18). The van der Waals surface area contributed by atoms with Gasteiger partial charge < -0.3 is 15.8 Å². The molecule has 2 rings (SSSR count). The molecule has 0 bridgehead atoms. The maximum atomic E-state index is 12.7. The van der Waals surface area contributed by atoms with Gasteiger partial charge in [-0.15, -0.1) is 0 Å². The van der Waals surface area contributed by atoms with Crippen molar-refractivity contribution >= 4 is 17.4 Å². The van der Waals surface area contributed by atoms with Gasteiger partial charge in [0.25, 0.3) is 5.91 Å². The third-order valence-electron chi connectivity index (χ3n) is 2.46. The van der Waals surface area contributed by atoms with Gasteiger partial charge in [-0.05, 0) is 30.3 Å². The number of nitrogens with zero attached hydrogens (tertiary/aromatic N) is 1. The molecule has 0 saturated heterocycles. The number of hydrogen-bond donors (Lipinski definition) is 2. The molecule has 1 amide bonds. The number of nitrogens with one attached hydrogen (secondary N) is 1. The summed E-state index contributed by atoms with van der Waals surface area (Å²) in [7, 11) is 1.49. The van der Waals surface area contributed by atoms with E-state index in [4.69, 9.17) is 10.5 Å². The average molecular weight is 261 g/mol. The van der Waals surface area contributed by atoms with Gasteiger partial charge in [0.1, 0.15) is 17.4 Å². The van der Waals surface area contributed by atoms with Gasteiger partial charge in [0.05, 0.1) is 19.0 Å². The molecule has 0 aliphatic carbocycles. The summed E-state index contributed by atoms with van der Waals surface area (Å²) in [6.07, 6.45) is 1.03. The van der Waals surface area contributed by atoms with Crippen LogP contribution in [0.4, 0.5) is 15.9 Å². The maximum absolute atomic E-state index is 12.7. The Labute approximate surface area is 109 Å². The number of aromatic nitrogens is 1. The Morgan fingerprint density at radius 3 is 2.74 bits per heavy atom. The van der Waals surface area contributed by atoms with E-state index >= 15 is 0 Å². The Morgan fingerprint density at radius 2 is 2.16 bits per heavy atom. The first-order valence-corrected chi connectivity index (χ1v) is 5.46. The minimum Gasteiger partial charge on any atom is -0.495 e. The molecular formula is C13H12FN3O2. The SMILES string of the molecule is COc1ccc(C(=O)Nc2ccc(F)cn2)cc1N. The molecule has 3 N–H and O–H groups in total. The third kappa shape index (κ3) is 2.98. The number of carbonyl (C=O) groups excluding carboxylic acids is 1. The van der Waals surface area contributed by atoms with Crippen LogP contribution in [0.5, 0.6) is 5.75 Å². The van der Waals surface area contributed by atoms with Crippen molar-refractivity contribution in [1.29, 1.82) is 0 Å². The van der Waals surface area contributed by atoms with Crippen LogP contribution in [-0.2, 0) is 0 Å². The highest BCUT2D eigenvalue weighted by atomic mass is 19.1. The monoisotopic (exact) mass is 261 g/mol. The summed E-state index contributed by atoms with van der Waals surface area (Å²) in [4.78, 5) is 15.6. The molecule has 6 heteroatoms. The Morgan fingerprint density at radius 1 is 1.37 bits per heavy atom. The molecule has 1 heterocycles. The fourth-order valence-corrected chi connectivity index (χ4v) is 1.51. The Bertz CT molecular complexity index is 599. The summed E-state index contributed by atoms with van der Waals surface area (Å²) >= 11 is 0. The number of anilines is 2. The second-order valence-electron chi connectivity index (χ2n) is 3.77. The first-order chi connectivity index (χ1) is 9.10. The molecule has 98 valence electrons. The van der Waals surface area contributed by atoms with Crippen LogP contribution in [0.2, 0.25) is 0 Å². The molecule has 0 unspecified atom stereocenters. The largest absolute Gasteiger partial charge is 0.495 e. The first-order valence-electron chi connectivity index (χ1n) is 5.46. The van der Waals surface area contributed by atoms with E-state index in [2.05, 4.69) is 10.3 Å². The van der Waals surface area contributed by atoms with Gasteiger partial charge in [0.15, 0.2) is 0 Å². The lowest BCUT2D eigenvalue weighted by atomic mass is 10.1. The van der Waals surface area contributed by atoms with Crippen molar-refractivity contribution in [3.05, 3.63) is 47.9 Å². The third-order valence-corrected chi connectivity index (χ3v) is 2.46. The number of nitrogens with two attached hydrogens (primary N) is 1. The number of nitrogen functional groups attached to an aromatic ring is 1. The quantitative estimate of drug-likeness (QED) is 0.829. The average Bonchev–Trinajstić information content (AvgIpc) is 2.41. The number of carbonyl (C=O) groups is 1. The highest BCUT2D eigenvalue weighted by Crippen LogP contribution is 2.22. The number of amides is 1. The number of methoxy groups -OCH3 is 1. The molecule has 0 spiro atoms. The number of hydrogen-bond acceptors (Lipinski definition) is 4. The molecule has 0 fully saturated rings. The fraction of sp³-hybridized carbons (Fsp3) is 0.0769. The van der Waals surface area contributed by atoms with Crippen molar-refractivity contribution in [2.45, 2.75) is 0 Å². The fourth-order valence-electron chi connectivity index (χ4n) is 1.51. The lowest BCUT2D eigenvalue weighted by Crippen LogP contribution is -2.13. The van der Waals surface area contributed by atoms with Crippen molar-refractivity contribution in [2.24, 2.45) is 0 Å². The van der Waals surface area contributed by atoms with Crippen LogP contribution in [0.25, 0.3) is 0 Å². The predicted molar refractivity (Wildman–Crippen MR) is 69.6 cm³/mol. The molecule has 1 aromatic heterocycles. The molecule has 1 aromatic carbocycles. The van der Waals surface area contributed by atoms with Crippen LogP contribution in [0.3, 0.4) is 0 Å². The maximum Gasteiger partial charge on any atom is 0.256 e. The minimum atomic E-state index is -0.466. The van der Waals surface area contributed by atoms with Gasteiger partial charge in [-0.2, -0.15) is 0 Å².